The van der Waals surface area contributed by atoms with Crippen molar-refractivity contribution in [3.63, 3.8) is 0 Å². The minimum Gasteiger partial charge on any atom is -0.462 e. The van der Waals surface area contributed by atoms with Crippen LogP contribution in [-0.4, -0.2) is 25.3 Å². The van der Waals surface area contributed by atoms with Crippen molar-refractivity contribution < 1.29 is 14.3 Å². The van der Waals surface area contributed by atoms with Gasteiger partial charge in [0.05, 0.1) is 20.1 Å². The molecule has 1 heterocycles. The molecule has 0 amide bonds. The highest BCUT2D eigenvalue weighted by Crippen LogP contribution is 2.09. The van der Waals surface area contributed by atoms with Gasteiger partial charge in [-0.3, -0.25) is 4.79 Å². The Balaban J connectivity index is 2.19. The molecule has 1 saturated heterocycles. The van der Waals surface area contributed by atoms with Gasteiger partial charge < -0.3 is 9.47 Å². The molecule has 1 aliphatic heterocycles. The lowest BCUT2D eigenvalue weighted by molar-refractivity contribution is -0.147. The Morgan fingerprint density at radius 1 is 1.50 bits per heavy atom. The molecule has 57 valence electrons. The Bertz CT molecular complexity index is 116. The highest BCUT2D eigenvalue weighted by Gasteiger charge is 2.15. The van der Waals surface area contributed by atoms with Crippen molar-refractivity contribution in [2.45, 2.75) is 18.9 Å². The molecule has 0 bridgehead atoms. The third kappa shape index (κ3) is 2.35. The highest BCUT2D eigenvalue weighted by atomic mass is 16.5. The molecule has 0 aromatic rings. The van der Waals surface area contributed by atoms with Crippen molar-refractivity contribution in [1.29, 1.82) is 0 Å². The average molecular weight is 143 g/mol. The second-order valence-electron chi connectivity index (χ2n) is 2.30. The van der Waals surface area contributed by atoms with Gasteiger partial charge in [0, 0.05) is 12.8 Å². The summed E-state index contributed by atoms with van der Waals surface area (Å²) in [5.74, 6) is -0.438. The van der Waals surface area contributed by atoms with Gasteiger partial charge >= 0.3 is 5.97 Å². The van der Waals surface area contributed by atoms with Crippen molar-refractivity contribution in [3.8, 4) is 0 Å². The van der Waals surface area contributed by atoms with Crippen LogP contribution in [0, 0.1) is 6.92 Å². The zero-order valence-electron chi connectivity index (χ0n) is 5.84. The van der Waals surface area contributed by atoms with Crippen LogP contribution in [0.1, 0.15) is 12.8 Å². The Kier molecular flexibility index (Phi) is 2.68. The molecule has 0 spiro atoms. The summed E-state index contributed by atoms with van der Waals surface area (Å²) in [5.41, 5.74) is 0. The predicted octanol–water partition coefficient (Wildman–Crippen LogP) is 0.543. The van der Waals surface area contributed by atoms with E-state index < -0.39 is 5.97 Å². The topological polar surface area (TPSA) is 35.5 Å². The van der Waals surface area contributed by atoms with Crippen LogP contribution in [0.3, 0.4) is 0 Å². The molecule has 0 atom stereocenters. The van der Waals surface area contributed by atoms with Gasteiger partial charge in [0.15, 0.2) is 0 Å². The first-order valence-corrected chi connectivity index (χ1v) is 3.39. The van der Waals surface area contributed by atoms with Gasteiger partial charge in [0.25, 0.3) is 0 Å². The lowest BCUT2D eigenvalue weighted by Crippen LogP contribution is -2.25. The van der Waals surface area contributed by atoms with Crippen molar-refractivity contribution in [2.24, 2.45) is 0 Å². The van der Waals surface area contributed by atoms with Gasteiger partial charge in [0.2, 0.25) is 0 Å². The summed E-state index contributed by atoms with van der Waals surface area (Å²) in [6.07, 6.45) is 1.65. The summed E-state index contributed by atoms with van der Waals surface area (Å²) < 4.78 is 9.93. The number of hydrogen-bond acceptors (Lipinski definition) is 3. The van der Waals surface area contributed by atoms with E-state index in [0.29, 0.717) is 13.2 Å². The molecule has 10 heavy (non-hydrogen) atoms. The zero-order chi connectivity index (χ0) is 7.40. The largest absolute Gasteiger partial charge is 0.462 e. The van der Waals surface area contributed by atoms with Crippen LogP contribution in [0.25, 0.3) is 0 Å². The van der Waals surface area contributed by atoms with Crippen LogP contribution in [0.2, 0.25) is 0 Å². The van der Waals surface area contributed by atoms with Gasteiger partial charge in [-0.1, -0.05) is 0 Å². The van der Waals surface area contributed by atoms with Crippen LogP contribution in [0.4, 0.5) is 0 Å². The summed E-state index contributed by atoms with van der Waals surface area (Å²) in [6, 6.07) is 0. The first-order valence-electron chi connectivity index (χ1n) is 3.39. The quantitative estimate of drug-likeness (QED) is 0.502. The SMILES string of the molecule is [CH2]C(=O)OC1CCOCC1. The maximum atomic E-state index is 10.3. The van der Waals surface area contributed by atoms with Crippen LogP contribution in [0.5, 0.6) is 0 Å². The molecule has 0 saturated carbocycles. The lowest BCUT2D eigenvalue weighted by atomic mass is 10.2. The second-order valence-corrected chi connectivity index (χ2v) is 2.30. The number of hydrogen-bond donors (Lipinski definition) is 0. The monoisotopic (exact) mass is 143 g/mol. The van der Waals surface area contributed by atoms with E-state index in [1.165, 1.54) is 0 Å². The molecule has 3 nitrogen and oxygen atoms in total. The van der Waals surface area contributed by atoms with Gasteiger partial charge in [-0.25, -0.2) is 0 Å². The molecule has 1 fully saturated rings. The van der Waals surface area contributed by atoms with E-state index >= 15 is 0 Å². The number of esters is 1. The van der Waals surface area contributed by atoms with E-state index in [1.54, 1.807) is 0 Å². The third-order valence-electron chi connectivity index (χ3n) is 1.47. The molecule has 0 aromatic heterocycles. The lowest BCUT2D eigenvalue weighted by Gasteiger charge is -2.21. The normalized spacial score (nSPS) is 20.5. The van der Waals surface area contributed by atoms with Gasteiger partial charge in [-0.15, -0.1) is 0 Å². The fourth-order valence-electron chi connectivity index (χ4n) is 0.980. The fraction of sp³-hybridized carbons (Fsp3) is 0.714. The van der Waals surface area contributed by atoms with Crippen molar-refractivity contribution in [1.82, 2.24) is 0 Å². The smallest absolute Gasteiger partial charge is 0.306 e. The number of carbonyl (C=O) groups excluding carboxylic acids is 1. The van der Waals surface area contributed by atoms with E-state index in [4.69, 9.17) is 9.47 Å². The molecule has 1 rings (SSSR count). The highest BCUT2D eigenvalue weighted by molar-refractivity contribution is 5.73. The Morgan fingerprint density at radius 2 is 2.10 bits per heavy atom. The van der Waals surface area contributed by atoms with E-state index in [2.05, 4.69) is 6.92 Å². The van der Waals surface area contributed by atoms with Crippen LogP contribution in [-0.2, 0) is 14.3 Å². The van der Waals surface area contributed by atoms with Crippen molar-refractivity contribution in [2.75, 3.05) is 13.2 Å². The van der Waals surface area contributed by atoms with E-state index in [1.807, 2.05) is 0 Å². The van der Waals surface area contributed by atoms with Crippen LogP contribution < -0.4 is 0 Å². The third-order valence-corrected chi connectivity index (χ3v) is 1.47. The molecular weight excluding hydrogens is 132 g/mol. The Labute approximate surface area is 60.3 Å². The summed E-state index contributed by atoms with van der Waals surface area (Å²) in [7, 11) is 0. The number of carbonyl (C=O) groups is 1. The minimum atomic E-state index is -0.438. The number of ether oxygens (including phenoxy) is 2. The van der Waals surface area contributed by atoms with E-state index in [9.17, 15) is 4.79 Å². The van der Waals surface area contributed by atoms with E-state index in [0.717, 1.165) is 12.8 Å². The maximum Gasteiger partial charge on any atom is 0.306 e. The molecule has 0 aromatic carbocycles. The minimum absolute atomic E-state index is 0.0405. The predicted molar refractivity (Wildman–Crippen MR) is 35.3 cm³/mol. The van der Waals surface area contributed by atoms with Gasteiger partial charge in [0.1, 0.15) is 6.10 Å². The molecule has 0 aliphatic carbocycles. The standard InChI is InChI=1S/C7H11O3/c1-6(8)10-7-2-4-9-5-3-7/h7H,1-5H2. The fourth-order valence-corrected chi connectivity index (χ4v) is 0.980. The summed E-state index contributed by atoms with van der Waals surface area (Å²) >= 11 is 0. The molecule has 0 unspecified atom stereocenters. The Morgan fingerprint density at radius 3 is 2.60 bits per heavy atom. The number of rotatable bonds is 1. The first kappa shape index (κ1) is 7.54. The van der Waals surface area contributed by atoms with Crippen LogP contribution in [0.15, 0.2) is 0 Å². The van der Waals surface area contributed by atoms with Gasteiger partial charge in [-0.2, -0.15) is 0 Å². The molecule has 1 aliphatic rings. The van der Waals surface area contributed by atoms with Gasteiger partial charge in [-0.05, 0) is 0 Å². The zero-order valence-corrected chi connectivity index (χ0v) is 5.84. The molecule has 0 N–H and O–H groups in total. The van der Waals surface area contributed by atoms with Crippen LogP contribution >= 0.6 is 0 Å². The molecular formula is C7H11O3. The summed E-state index contributed by atoms with van der Waals surface area (Å²) in [5, 5.41) is 0. The second kappa shape index (κ2) is 3.56. The average Bonchev–Trinajstić information content (AvgIpc) is 1.88. The van der Waals surface area contributed by atoms with Crippen molar-refractivity contribution in [3.05, 3.63) is 6.92 Å². The molecule has 1 radical (unpaired) electrons. The van der Waals surface area contributed by atoms with E-state index in [-0.39, 0.29) is 6.10 Å². The Hall–Kier alpha value is -0.570. The summed E-state index contributed by atoms with van der Waals surface area (Å²) in [4.78, 5) is 10.3. The molecule has 3 heteroatoms. The first-order chi connectivity index (χ1) is 4.79. The van der Waals surface area contributed by atoms with Crippen molar-refractivity contribution >= 4 is 5.97 Å². The maximum absolute atomic E-state index is 10.3. The summed E-state index contributed by atoms with van der Waals surface area (Å²) in [6.45, 7) is 4.52.